The van der Waals surface area contributed by atoms with E-state index >= 15 is 0 Å². The number of amidine groups is 1. The predicted octanol–water partition coefficient (Wildman–Crippen LogP) is 4.87. The number of nitriles is 1. The van der Waals surface area contributed by atoms with E-state index in [2.05, 4.69) is 57.7 Å². The van der Waals surface area contributed by atoms with Crippen LogP contribution < -0.4 is 16.8 Å². The number of likely N-dealkylation sites (tertiary alicyclic amines) is 1. The number of piperidine rings is 1. The number of nitrogens with one attached hydrogen (secondary N) is 1. The summed E-state index contributed by atoms with van der Waals surface area (Å²) in [5.41, 5.74) is 17.5. The van der Waals surface area contributed by atoms with Crippen molar-refractivity contribution in [1.82, 2.24) is 15.3 Å². The van der Waals surface area contributed by atoms with Crippen LogP contribution in [0.3, 0.4) is 0 Å². The molecule has 0 radical (unpaired) electrons. The summed E-state index contributed by atoms with van der Waals surface area (Å²) in [7, 11) is 1.80. The van der Waals surface area contributed by atoms with E-state index in [0.717, 1.165) is 98.1 Å². The summed E-state index contributed by atoms with van der Waals surface area (Å²) in [5.74, 6) is 1.57. The number of carbonyl (C=O) groups excluding carboxylic acids is 2. The van der Waals surface area contributed by atoms with E-state index in [1.54, 1.807) is 11.9 Å². The molecule has 0 spiro atoms. The maximum atomic E-state index is 12.2. The minimum atomic E-state index is -0.687. The summed E-state index contributed by atoms with van der Waals surface area (Å²) >= 11 is 0. The first kappa shape index (κ1) is 42.0. The minimum Gasteiger partial charge on any atom is -0.399 e. The van der Waals surface area contributed by atoms with Gasteiger partial charge in [-0.25, -0.2) is 9.90 Å². The van der Waals surface area contributed by atoms with Gasteiger partial charge in [0.2, 0.25) is 12.3 Å². The lowest BCUT2D eigenvalue weighted by Gasteiger charge is -2.45. The fraction of sp³-hybridized carbons (Fsp3) is 0.561. The van der Waals surface area contributed by atoms with Crippen molar-refractivity contribution in [3.63, 3.8) is 0 Å². The summed E-state index contributed by atoms with van der Waals surface area (Å²) in [6.07, 6.45) is 19.4. The summed E-state index contributed by atoms with van der Waals surface area (Å²) in [5, 5.41) is 24.1. The molecule has 0 aromatic heterocycles. The molecule has 52 heavy (non-hydrogen) atoms. The van der Waals surface area contributed by atoms with E-state index in [0.29, 0.717) is 35.6 Å². The number of amides is 2. The number of rotatable bonds is 12. The standard InChI is InChI=1S/C31H47N5O3.C8H10N2O.C2H2/c1-6-35-17-16-31(30(34-5)36(39-20-37)27-10-8-7-9-11-27)22(3)24(18-21(2)23(4)32)12-13-25-19-26(29(33)38)14-15-28(25)31;1-5-7-2-6(3-9)10(4-11)8(5)7;1-2/h14-15,18-19,27,35,37H,4,6-13,16-17,20,32H2,1-3,5H3,(H2,33,38);4-8H,2H2,1H3;1-2H/b21-18+,34-30?;;. The van der Waals surface area contributed by atoms with Gasteiger partial charge in [-0.3, -0.25) is 14.6 Å². The molecule has 1 heterocycles. The molecular formula is C41H59N7O4. The predicted molar refractivity (Wildman–Crippen MR) is 206 cm³/mol. The number of hydroxylamine groups is 2. The molecule has 3 fully saturated rings. The van der Waals surface area contributed by atoms with Crippen molar-refractivity contribution < 1.29 is 19.5 Å². The topological polar surface area (TPSA) is 170 Å². The van der Waals surface area contributed by atoms with Gasteiger partial charge in [-0.05, 0) is 112 Å². The van der Waals surface area contributed by atoms with Gasteiger partial charge in [0, 0.05) is 24.4 Å². The summed E-state index contributed by atoms with van der Waals surface area (Å²) in [6, 6.07) is 8.28. The number of fused-ring (bicyclic) bond motifs is 2. The van der Waals surface area contributed by atoms with Crippen LogP contribution in [0.15, 0.2) is 58.3 Å². The molecule has 2 amide bonds. The molecule has 2 saturated carbocycles. The zero-order chi connectivity index (χ0) is 38.6. The number of aliphatic imine (C=N–C) groups is 1. The third-order valence-corrected chi connectivity index (χ3v) is 11.3. The van der Waals surface area contributed by atoms with Crippen LogP contribution in [0.4, 0.5) is 0 Å². The molecule has 1 aromatic rings. The van der Waals surface area contributed by atoms with E-state index in [-0.39, 0.29) is 12.1 Å². The molecule has 11 nitrogen and oxygen atoms in total. The van der Waals surface area contributed by atoms with Crippen LogP contribution >= 0.6 is 0 Å². The highest BCUT2D eigenvalue weighted by Crippen LogP contribution is 2.52. The molecule has 6 N–H and O–H groups in total. The molecule has 282 valence electrons. The average molecular weight is 714 g/mol. The Morgan fingerprint density at radius 3 is 2.52 bits per heavy atom. The monoisotopic (exact) mass is 713 g/mol. The maximum Gasteiger partial charge on any atom is 0.248 e. The molecule has 1 aliphatic heterocycles. The van der Waals surface area contributed by atoms with Crippen LogP contribution in [-0.4, -0.2) is 78.3 Å². The SMILES string of the molecule is C#C.C=C(N)/C(C)=C/C1=C(C)C(CCNCC)(C(=NC)N(OCO)C2CCCCC2)c2ccc(C(N)=O)cc2CC1.CC1C2CC(C#N)N(C=O)C12. The highest BCUT2D eigenvalue weighted by Gasteiger charge is 2.58. The number of benzene rings is 1. The number of hydrogen-bond donors (Lipinski definition) is 4. The Morgan fingerprint density at radius 2 is 1.96 bits per heavy atom. The van der Waals surface area contributed by atoms with Crippen molar-refractivity contribution in [2.45, 2.75) is 109 Å². The minimum absolute atomic E-state index is 0.106. The van der Waals surface area contributed by atoms with Crippen molar-refractivity contribution in [3.05, 3.63) is 70.0 Å². The fourth-order valence-electron chi connectivity index (χ4n) is 8.43. The Balaban J connectivity index is 0.000000468. The quantitative estimate of drug-likeness (QED) is 0.0348. The molecule has 11 heteroatoms. The molecule has 1 saturated heterocycles. The van der Waals surface area contributed by atoms with Gasteiger partial charge < -0.3 is 26.8 Å². The average Bonchev–Trinajstić information content (AvgIpc) is 3.64. The Labute approximate surface area is 310 Å². The van der Waals surface area contributed by atoms with Gasteiger partial charge in [0.25, 0.3) is 0 Å². The Bertz CT molecular complexity index is 1580. The van der Waals surface area contributed by atoms with Crippen molar-refractivity contribution in [1.29, 1.82) is 5.26 Å². The largest absolute Gasteiger partial charge is 0.399 e. The van der Waals surface area contributed by atoms with E-state index in [9.17, 15) is 14.7 Å². The van der Waals surface area contributed by atoms with Crippen molar-refractivity contribution in [2.24, 2.45) is 28.3 Å². The summed E-state index contributed by atoms with van der Waals surface area (Å²) in [6.45, 7) is 13.5. The number of carbonyl (C=O) groups is 2. The van der Waals surface area contributed by atoms with Gasteiger partial charge in [0.1, 0.15) is 11.9 Å². The van der Waals surface area contributed by atoms with Crippen molar-refractivity contribution >= 4 is 18.2 Å². The smallest absolute Gasteiger partial charge is 0.248 e. The lowest BCUT2D eigenvalue weighted by molar-refractivity contribution is -0.191. The Morgan fingerprint density at radius 1 is 1.27 bits per heavy atom. The second kappa shape index (κ2) is 19.4. The van der Waals surface area contributed by atoms with Gasteiger partial charge in [0.15, 0.2) is 6.79 Å². The highest BCUT2D eigenvalue weighted by atomic mass is 16.7. The summed E-state index contributed by atoms with van der Waals surface area (Å²) < 4.78 is 0. The van der Waals surface area contributed by atoms with Gasteiger partial charge in [-0.1, -0.05) is 57.4 Å². The number of aryl methyl sites for hydroxylation is 1. The number of nitrogens with two attached hydrogens (primary N) is 2. The Hall–Kier alpha value is -4.42. The number of primary amides is 1. The first-order valence-electron chi connectivity index (χ1n) is 18.4. The second-order valence-corrected chi connectivity index (χ2v) is 14.1. The number of aliphatic hydroxyl groups is 1. The van der Waals surface area contributed by atoms with Crippen LogP contribution in [0.1, 0.15) is 101 Å². The highest BCUT2D eigenvalue weighted by molar-refractivity contribution is 5.98. The molecule has 5 atom stereocenters. The van der Waals surface area contributed by atoms with Crippen LogP contribution in [0.5, 0.6) is 0 Å². The number of hydrogen-bond acceptors (Lipinski definition) is 8. The van der Waals surface area contributed by atoms with Crippen molar-refractivity contribution in [3.8, 4) is 18.9 Å². The van der Waals surface area contributed by atoms with Crippen LogP contribution in [-0.2, 0) is 21.5 Å². The molecule has 5 rings (SSSR count). The number of allylic oxidation sites excluding steroid dienone is 3. The van der Waals surface area contributed by atoms with Gasteiger partial charge in [0.05, 0.1) is 17.5 Å². The van der Waals surface area contributed by atoms with E-state index in [1.165, 1.54) is 6.42 Å². The number of aliphatic hydroxyl groups excluding tert-OH is 1. The van der Waals surface area contributed by atoms with Gasteiger partial charge in [-0.2, -0.15) is 5.26 Å². The van der Waals surface area contributed by atoms with Crippen molar-refractivity contribution in [2.75, 3.05) is 26.9 Å². The van der Waals surface area contributed by atoms with Gasteiger partial charge in [-0.15, -0.1) is 12.8 Å². The van der Waals surface area contributed by atoms with E-state index in [4.69, 9.17) is 26.6 Å². The normalized spacial score (nSPS) is 25.6. The van der Waals surface area contributed by atoms with E-state index < -0.39 is 18.1 Å². The lowest BCUT2D eigenvalue weighted by Crippen LogP contribution is -2.53. The maximum absolute atomic E-state index is 12.2. The molecule has 3 aliphatic carbocycles. The molecule has 5 unspecified atom stereocenters. The third-order valence-electron chi connectivity index (χ3n) is 11.3. The molecule has 1 aromatic carbocycles. The van der Waals surface area contributed by atoms with Crippen LogP contribution in [0.2, 0.25) is 0 Å². The zero-order valence-corrected chi connectivity index (χ0v) is 31.7. The van der Waals surface area contributed by atoms with Gasteiger partial charge >= 0.3 is 0 Å². The third kappa shape index (κ3) is 8.95. The van der Waals surface area contributed by atoms with Crippen LogP contribution in [0, 0.1) is 36.0 Å². The molecular weight excluding hydrogens is 654 g/mol. The second-order valence-electron chi connectivity index (χ2n) is 14.1. The molecule has 4 aliphatic rings. The lowest BCUT2D eigenvalue weighted by atomic mass is 9.68. The fourth-order valence-corrected chi connectivity index (χ4v) is 8.43. The first-order valence-corrected chi connectivity index (χ1v) is 18.4. The first-order chi connectivity index (χ1) is 25.0. The Kier molecular flexibility index (Phi) is 15.7. The van der Waals surface area contributed by atoms with E-state index in [1.807, 2.05) is 30.2 Å². The summed E-state index contributed by atoms with van der Waals surface area (Å²) in [4.78, 5) is 35.4. The number of nitrogens with zero attached hydrogens (tertiary/aromatic N) is 4. The molecule has 0 bridgehead atoms. The zero-order valence-electron chi connectivity index (χ0n) is 31.7. The van der Waals surface area contributed by atoms with Crippen LogP contribution in [0.25, 0.3) is 0 Å². The number of terminal acetylenes is 1.